The highest BCUT2D eigenvalue weighted by Gasteiger charge is 2.33. The number of nitrogens with zero attached hydrogens (tertiary/aromatic N) is 3. The molecule has 9 heteroatoms. The van der Waals surface area contributed by atoms with Crippen molar-refractivity contribution in [3.05, 3.63) is 20.8 Å². The van der Waals surface area contributed by atoms with E-state index in [1.54, 1.807) is 27.7 Å². The first-order valence-electron chi connectivity index (χ1n) is 12.6. The molecule has 1 fully saturated rings. The maximum absolute atomic E-state index is 13.7. The minimum atomic E-state index is -0.512. The first-order valence-corrected chi connectivity index (χ1v) is 14.4. The van der Waals surface area contributed by atoms with E-state index in [0.29, 0.717) is 24.7 Å². The van der Waals surface area contributed by atoms with Crippen LogP contribution in [0.15, 0.2) is 9.95 Å². The second kappa shape index (κ2) is 11.2. The summed E-state index contributed by atoms with van der Waals surface area (Å²) in [7, 11) is 0. The number of hydrogen-bond acceptors (Lipinski definition) is 7. The van der Waals surface area contributed by atoms with Gasteiger partial charge < -0.3 is 9.64 Å². The van der Waals surface area contributed by atoms with Crippen LogP contribution in [0.5, 0.6) is 0 Å². The Bertz CT molecular complexity index is 1110. The summed E-state index contributed by atoms with van der Waals surface area (Å²) in [4.78, 5) is 48.0. The number of rotatable bonds is 7. The van der Waals surface area contributed by atoms with E-state index in [-0.39, 0.29) is 29.2 Å². The molecule has 1 saturated heterocycles. The number of aromatic nitrogens is 2. The van der Waals surface area contributed by atoms with Gasteiger partial charge in [-0.3, -0.25) is 14.2 Å². The summed E-state index contributed by atoms with van der Waals surface area (Å²) in [6.07, 6.45) is 8.68. The third-order valence-electron chi connectivity index (χ3n) is 6.98. The fraction of sp³-hybridized carbons (Fsp3) is 0.680. The molecule has 2 aromatic rings. The molecule has 0 aromatic carbocycles. The topological polar surface area (TPSA) is 81.5 Å². The first kappa shape index (κ1) is 25.2. The van der Waals surface area contributed by atoms with Crippen LogP contribution in [0.2, 0.25) is 0 Å². The van der Waals surface area contributed by atoms with Crippen LogP contribution in [0.25, 0.3) is 10.2 Å². The van der Waals surface area contributed by atoms with Crippen LogP contribution in [-0.4, -0.2) is 51.3 Å². The molecule has 4 rings (SSSR count). The Hall–Kier alpha value is -1.87. The number of amides is 1. The van der Waals surface area contributed by atoms with Gasteiger partial charge in [0.25, 0.3) is 5.56 Å². The van der Waals surface area contributed by atoms with E-state index < -0.39 is 6.04 Å². The van der Waals surface area contributed by atoms with Crippen molar-refractivity contribution in [2.45, 2.75) is 95.8 Å². The highest BCUT2D eigenvalue weighted by atomic mass is 32.2. The van der Waals surface area contributed by atoms with Crippen molar-refractivity contribution in [1.82, 2.24) is 14.5 Å². The maximum Gasteiger partial charge on any atom is 0.328 e. The molecule has 0 spiro atoms. The minimum absolute atomic E-state index is 0.00871. The van der Waals surface area contributed by atoms with Crippen molar-refractivity contribution in [2.75, 3.05) is 18.9 Å². The van der Waals surface area contributed by atoms with Crippen LogP contribution in [0.4, 0.5) is 0 Å². The molecule has 1 aliphatic carbocycles. The number of thiophene rings is 1. The van der Waals surface area contributed by atoms with E-state index in [0.717, 1.165) is 55.2 Å². The maximum atomic E-state index is 13.7. The Morgan fingerprint density at radius 3 is 2.74 bits per heavy atom. The van der Waals surface area contributed by atoms with Crippen molar-refractivity contribution in [2.24, 2.45) is 0 Å². The Morgan fingerprint density at radius 1 is 1.18 bits per heavy atom. The van der Waals surface area contributed by atoms with Gasteiger partial charge in [-0.25, -0.2) is 9.78 Å². The molecular weight excluding hydrogens is 470 g/mol. The average molecular weight is 506 g/mol. The molecule has 1 amide bonds. The molecule has 7 nitrogen and oxygen atoms in total. The van der Waals surface area contributed by atoms with Gasteiger partial charge in [0.2, 0.25) is 5.91 Å². The van der Waals surface area contributed by atoms with Gasteiger partial charge in [-0.1, -0.05) is 25.1 Å². The molecule has 186 valence electrons. The van der Waals surface area contributed by atoms with Crippen LogP contribution >= 0.6 is 23.1 Å². The highest BCUT2D eigenvalue weighted by molar-refractivity contribution is 7.99. The fourth-order valence-electron chi connectivity index (χ4n) is 4.97. The van der Waals surface area contributed by atoms with Crippen molar-refractivity contribution in [3.63, 3.8) is 0 Å². The standard InChI is InChI=1S/C25H35N3O4S2/c1-4-16(3)28-23(30)21-17-11-7-6-8-13-19(17)34-22(21)26-25(28)33-15-20(29)27-14-10-9-12-18(27)24(31)32-5-2/h16,18H,4-15H2,1-3H3. The summed E-state index contributed by atoms with van der Waals surface area (Å²) in [5.41, 5.74) is 1.22. The number of esters is 1. The molecular formula is C25H35N3O4S2. The Balaban J connectivity index is 1.62. The first-order chi connectivity index (χ1) is 16.5. The second-order valence-electron chi connectivity index (χ2n) is 9.21. The SMILES string of the molecule is CCOC(=O)C1CCCCN1C(=O)CSc1nc2sc3c(c2c(=O)n1C(C)CC)CCCCC3. The highest BCUT2D eigenvalue weighted by Crippen LogP contribution is 2.35. The fourth-order valence-corrected chi connectivity index (χ4v) is 7.26. The second-order valence-corrected chi connectivity index (χ2v) is 11.2. The Morgan fingerprint density at radius 2 is 1.97 bits per heavy atom. The zero-order valence-corrected chi connectivity index (χ0v) is 22.1. The third-order valence-corrected chi connectivity index (χ3v) is 9.10. The van der Waals surface area contributed by atoms with Gasteiger partial charge >= 0.3 is 5.97 Å². The zero-order valence-electron chi connectivity index (χ0n) is 20.4. The number of carbonyl (C=O) groups excluding carboxylic acids is 2. The average Bonchev–Trinajstić information content (AvgIpc) is 3.03. The van der Waals surface area contributed by atoms with Crippen LogP contribution in [0.1, 0.15) is 82.2 Å². The summed E-state index contributed by atoms with van der Waals surface area (Å²) in [5.74, 6) is -0.276. The number of thioether (sulfide) groups is 1. The van der Waals surface area contributed by atoms with Crippen LogP contribution in [-0.2, 0) is 27.2 Å². The van der Waals surface area contributed by atoms with Gasteiger partial charge in [-0.2, -0.15) is 0 Å². The molecule has 1 aliphatic heterocycles. The number of fused-ring (bicyclic) bond motifs is 3. The lowest BCUT2D eigenvalue weighted by atomic mass is 10.0. The molecule has 0 radical (unpaired) electrons. The molecule has 2 aromatic heterocycles. The summed E-state index contributed by atoms with van der Waals surface area (Å²) in [6.45, 7) is 6.75. The third kappa shape index (κ3) is 5.05. The van der Waals surface area contributed by atoms with E-state index >= 15 is 0 Å². The van der Waals surface area contributed by atoms with Crippen LogP contribution < -0.4 is 5.56 Å². The van der Waals surface area contributed by atoms with Gasteiger partial charge in [0.05, 0.1) is 17.7 Å². The van der Waals surface area contributed by atoms with E-state index in [1.807, 2.05) is 6.92 Å². The molecule has 0 saturated carbocycles. The zero-order chi connectivity index (χ0) is 24.2. The lowest BCUT2D eigenvalue weighted by Gasteiger charge is -2.34. The van der Waals surface area contributed by atoms with E-state index in [2.05, 4.69) is 6.92 Å². The molecule has 2 aliphatic rings. The predicted octanol–water partition coefficient (Wildman–Crippen LogP) is 4.73. The van der Waals surface area contributed by atoms with Crippen molar-refractivity contribution >= 4 is 45.2 Å². The van der Waals surface area contributed by atoms with Crippen molar-refractivity contribution in [3.8, 4) is 0 Å². The Labute approximate surface area is 209 Å². The number of likely N-dealkylation sites (tertiary alicyclic amines) is 1. The number of ether oxygens (including phenoxy) is 1. The van der Waals surface area contributed by atoms with Crippen molar-refractivity contribution in [1.29, 1.82) is 0 Å². The molecule has 34 heavy (non-hydrogen) atoms. The van der Waals surface area contributed by atoms with Gasteiger partial charge in [0.1, 0.15) is 10.9 Å². The molecule has 2 atom stereocenters. The van der Waals surface area contributed by atoms with E-state index in [9.17, 15) is 14.4 Å². The number of piperidine rings is 1. The van der Waals surface area contributed by atoms with Gasteiger partial charge in [-0.15, -0.1) is 11.3 Å². The monoisotopic (exact) mass is 505 g/mol. The lowest BCUT2D eigenvalue weighted by Crippen LogP contribution is -2.49. The van der Waals surface area contributed by atoms with Gasteiger partial charge in [0, 0.05) is 17.5 Å². The molecule has 2 unspecified atom stereocenters. The predicted molar refractivity (Wildman–Crippen MR) is 137 cm³/mol. The smallest absolute Gasteiger partial charge is 0.328 e. The van der Waals surface area contributed by atoms with Gasteiger partial charge in [0.15, 0.2) is 5.16 Å². The number of carbonyl (C=O) groups is 2. The number of hydrogen-bond donors (Lipinski definition) is 0. The van der Waals surface area contributed by atoms with Crippen molar-refractivity contribution < 1.29 is 14.3 Å². The van der Waals surface area contributed by atoms with Gasteiger partial charge in [-0.05, 0) is 70.8 Å². The normalized spacial score (nSPS) is 19.5. The largest absolute Gasteiger partial charge is 0.464 e. The number of aryl methyl sites for hydroxylation is 2. The molecule has 0 bridgehead atoms. The molecule has 3 heterocycles. The summed E-state index contributed by atoms with van der Waals surface area (Å²) < 4.78 is 7.00. The Kier molecular flexibility index (Phi) is 8.34. The lowest BCUT2D eigenvalue weighted by molar-refractivity contribution is -0.155. The van der Waals surface area contributed by atoms with Crippen LogP contribution in [0, 0.1) is 0 Å². The summed E-state index contributed by atoms with van der Waals surface area (Å²) >= 11 is 2.96. The van der Waals surface area contributed by atoms with Crippen LogP contribution in [0.3, 0.4) is 0 Å². The van der Waals surface area contributed by atoms with E-state index in [1.165, 1.54) is 28.6 Å². The minimum Gasteiger partial charge on any atom is -0.464 e. The summed E-state index contributed by atoms with van der Waals surface area (Å²) in [5, 5.41) is 1.39. The summed E-state index contributed by atoms with van der Waals surface area (Å²) in [6, 6.07) is -0.521. The van der Waals surface area contributed by atoms with E-state index in [4.69, 9.17) is 9.72 Å². The quantitative estimate of drug-likeness (QED) is 0.234. The molecule has 0 N–H and O–H groups in total.